The maximum atomic E-state index is 11.2. The highest BCUT2D eigenvalue weighted by Gasteiger charge is 2.29. The Kier molecular flexibility index (Phi) is 4.06. The van der Waals surface area contributed by atoms with Gasteiger partial charge in [0, 0.05) is 0 Å². The molecule has 0 saturated carbocycles. The Labute approximate surface area is 102 Å². The number of carboxylic acids is 1. The number of carbonyl (C=O) groups excluding carboxylic acids is 1. The van der Waals surface area contributed by atoms with Crippen molar-refractivity contribution in [1.82, 2.24) is 9.97 Å². The van der Waals surface area contributed by atoms with Crippen molar-refractivity contribution < 1.29 is 19.4 Å². The average Bonchev–Trinajstić information content (AvgIpc) is 2.27. The first-order valence-electron chi connectivity index (χ1n) is 4.69. The molecule has 0 bridgehead atoms. The van der Waals surface area contributed by atoms with Crippen LogP contribution < -0.4 is 0 Å². The Morgan fingerprint density at radius 3 is 2.59 bits per heavy atom. The first-order chi connectivity index (χ1) is 7.86. The standard InChI is InChI=1S/C10H12N2O4S/c1-10(2,9(14)15)17-7-5-11-4-6(12-7)8(13)16-3/h4-5H,1-3H3,(H,14,15). The Bertz CT molecular complexity index is 448. The second-order valence-corrected chi connectivity index (χ2v) is 5.29. The number of aliphatic carboxylic acids is 1. The predicted octanol–water partition coefficient (Wildman–Crippen LogP) is 1.22. The number of ether oxygens (including phenoxy) is 1. The maximum Gasteiger partial charge on any atom is 0.358 e. The quantitative estimate of drug-likeness (QED) is 0.639. The fourth-order valence-electron chi connectivity index (χ4n) is 0.905. The van der Waals surface area contributed by atoms with Crippen LogP contribution in [-0.2, 0) is 9.53 Å². The second kappa shape index (κ2) is 5.13. The molecule has 0 radical (unpaired) electrons. The van der Waals surface area contributed by atoms with E-state index < -0.39 is 16.7 Å². The molecule has 1 rings (SSSR count). The number of methoxy groups -OCH3 is 1. The zero-order valence-corrected chi connectivity index (χ0v) is 10.4. The lowest BCUT2D eigenvalue weighted by atomic mass is 10.2. The number of aromatic nitrogens is 2. The maximum absolute atomic E-state index is 11.2. The minimum atomic E-state index is -1.04. The number of carbonyl (C=O) groups is 2. The van der Waals surface area contributed by atoms with E-state index in [1.54, 1.807) is 13.8 Å². The number of carboxylic acid groups (broad SMARTS) is 1. The number of hydrogen-bond acceptors (Lipinski definition) is 6. The molecule has 7 heteroatoms. The van der Waals surface area contributed by atoms with Crippen LogP contribution in [0.1, 0.15) is 24.3 Å². The normalized spacial score (nSPS) is 11.0. The van der Waals surface area contributed by atoms with E-state index in [0.717, 1.165) is 11.8 Å². The highest BCUT2D eigenvalue weighted by molar-refractivity contribution is 8.01. The predicted molar refractivity (Wildman–Crippen MR) is 60.9 cm³/mol. The molecule has 1 aromatic rings. The van der Waals surface area contributed by atoms with E-state index in [-0.39, 0.29) is 5.69 Å². The van der Waals surface area contributed by atoms with Gasteiger partial charge >= 0.3 is 11.9 Å². The fourth-order valence-corrected chi connectivity index (χ4v) is 1.77. The number of hydrogen-bond donors (Lipinski definition) is 1. The number of nitrogens with zero attached hydrogens (tertiary/aromatic N) is 2. The molecule has 0 spiro atoms. The van der Waals surface area contributed by atoms with E-state index in [0.29, 0.717) is 5.03 Å². The lowest BCUT2D eigenvalue weighted by Crippen LogP contribution is -2.27. The molecule has 0 unspecified atom stereocenters. The summed E-state index contributed by atoms with van der Waals surface area (Å²) in [5.74, 6) is -1.57. The van der Waals surface area contributed by atoms with E-state index in [2.05, 4.69) is 14.7 Å². The molecule has 1 N–H and O–H groups in total. The Hall–Kier alpha value is -1.63. The van der Waals surface area contributed by atoms with Gasteiger partial charge in [0.05, 0.1) is 19.5 Å². The molecule has 0 atom stereocenters. The van der Waals surface area contributed by atoms with Gasteiger partial charge in [-0.25, -0.2) is 9.78 Å². The first kappa shape index (κ1) is 13.4. The minimum absolute atomic E-state index is 0.0543. The van der Waals surface area contributed by atoms with Crippen LogP contribution in [0.3, 0.4) is 0 Å². The molecule has 1 aromatic heterocycles. The summed E-state index contributed by atoms with van der Waals surface area (Å²) in [7, 11) is 1.24. The molecule has 0 aliphatic heterocycles. The summed E-state index contributed by atoms with van der Waals surface area (Å²) in [5.41, 5.74) is 0.0543. The van der Waals surface area contributed by atoms with E-state index in [9.17, 15) is 9.59 Å². The van der Waals surface area contributed by atoms with Crippen LogP contribution in [0.4, 0.5) is 0 Å². The Balaban J connectivity index is 2.93. The van der Waals surface area contributed by atoms with Crippen LogP contribution in [0.25, 0.3) is 0 Å². The molecule has 0 amide bonds. The van der Waals surface area contributed by atoms with Crippen LogP contribution in [0.5, 0.6) is 0 Å². The van der Waals surface area contributed by atoms with Crippen molar-refractivity contribution in [3.8, 4) is 0 Å². The molecule has 0 saturated heterocycles. The number of esters is 1. The van der Waals surface area contributed by atoms with Gasteiger partial charge in [-0.3, -0.25) is 9.78 Å². The molecule has 6 nitrogen and oxygen atoms in total. The molecule has 0 aromatic carbocycles. The SMILES string of the molecule is COC(=O)c1cncc(SC(C)(C)C(=O)O)n1. The summed E-state index contributed by atoms with van der Waals surface area (Å²) in [4.78, 5) is 29.9. The smallest absolute Gasteiger partial charge is 0.358 e. The van der Waals surface area contributed by atoms with Crippen molar-refractivity contribution in [2.24, 2.45) is 0 Å². The third kappa shape index (κ3) is 3.42. The second-order valence-electron chi connectivity index (χ2n) is 3.65. The molecular weight excluding hydrogens is 244 g/mol. The van der Waals surface area contributed by atoms with E-state index >= 15 is 0 Å². The summed E-state index contributed by atoms with van der Waals surface area (Å²) < 4.78 is 3.46. The molecule has 0 fully saturated rings. The van der Waals surface area contributed by atoms with Crippen molar-refractivity contribution in [2.45, 2.75) is 23.6 Å². The monoisotopic (exact) mass is 256 g/mol. The minimum Gasteiger partial charge on any atom is -0.480 e. The van der Waals surface area contributed by atoms with Crippen molar-refractivity contribution in [3.63, 3.8) is 0 Å². The van der Waals surface area contributed by atoms with Crippen LogP contribution in [-0.4, -0.2) is 38.9 Å². The zero-order valence-electron chi connectivity index (χ0n) is 9.63. The van der Waals surface area contributed by atoms with Crippen molar-refractivity contribution in [1.29, 1.82) is 0 Å². The third-order valence-corrected chi connectivity index (χ3v) is 2.97. The first-order valence-corrected chi connectivity index (χ1v) is 5.51. The third-order valence-electron chi connectivity index (χ3n) is 1.88. The number of thioether (sulfide) groups is 1. The molecule has 17 heavy (non-hydrogen) atoms. The topological polar surface area (TPSA) is 89.4 Å². The fraction of sp³-hybridized carbons (Fsp3) is 0.400. The van der Waals surface area contributed by atoms with Gasteiger partial charge in [-0.05, 0) is 13.8 Å². The Morgan fingerprint density at radius 1 is 1.41 bits per heavy atom. The van der Waals surface area contributed by atoms with Crippen LogP contribution in [0.15, 0.2) is 17.4 Å². The van der Waals surface area contributed by atoms with Gasteiger partial charge in [0.1, 0.15) is 9.77 Å². The molecule has 0 aliphatic rings. The van der Waals surface area contributed by atoms with E-state index in [1.807, 2.05) is 0 Å². The molecular formula is C10H12N2O4S. The Morgan fingerprint density at radius 2 is 2.06 bits per heavy atom. The van der Waals surface area contributed by atoms with Gasteiger partial charge in [-0.15, -0.1) is 0 Å². The van der Waals surface area contributed by atoms with E-state index in [4.69, 9.17) is 5.11 Å². The molecule has 0 aliphatic carbocycles. The summed E-state index contributed by atoms with van der Waals surface area (Å²) in [6.07, 6.45) is 2.67. The van der Waals surface area contributed by atoms with Gasteiger partial charge < -0.3 is 9.84 Å². The summed E-state index contributed by atoms with van der Waals surface area (Å²) in [6.45, 7) is 3.10. The highest BCUT2D eigenvalue weighted by atomic mass is 32.2. The zero-order chi connectivity index (χ0) is 13.1. The van der Waals surface area contributed by atoms with Gasteiger partial charge in [0.2, 0.25) is 0 Å². The summed E-state index contributed by atoms with van der Waals surface area (Å²) in [5, 5.41) is 9.33. The number of rotatable bonds is 4. The lowest BCUT2D eigenvalue weighted by molar-refractivity contribution is -0.138. The average molecular weight is 256 g/mol. The van der Waals surface area contributed by atoms with Crippen LogP contribution in [0, 0.1) is 0 Å². The highest BCUT2D eigenvalue weighted by Crippen LogP contribution is 2.30. The molecule has 1 heterocycles. The van der Waals surface area contributed by atoms with Gasteiger partial charge in [0.25, 0.3) is 0 Å². The largest absolute Gasteiger partial charge is 0.480 e. The van der Waals surface area contributed by atoms with Crippen molar-refractivity contribution in [3.05, 3.63) is 18.1 Å². The van der Waals surface area contributed by atoms with Gasteiger partial charge in [-0.1, -0.05) is 11.8 Å². The lowest BCUT2D eigenvalue weighted by Gasteiger charge is -2.17. The van der Waals surface area contributed by atoms with Crippen LogP contribution >= 0.6 is 11.8 Å². The van der Waals surface area contributed by atoms with Gasteiger partial charge in [0.15, 0.2) is 5.69 Å². The summed E-state index contributed by atoms with van der Waals surface area (Å²) >= 11 is 1.02. The summed E-state index contributed by atoms with van der Waals surface area (Å²) in [6, 6.07) is 0. The van der Waals surface area contributed by atoms with E-state index in [1.165, 1.54) is 19.5 Å². The molecule has 92 valence electrons. The van der Waals surface area contributed by atoms with Gasteiger partial charge in [-0.2, -0.15) is 0 Å². The van der Waals surface area contributed by atoms with Crippen LogP contribution in [0.2, 0.25) is 0 Å². The van der Waals surface area contributed by atoms with Crippen molar-refractivity contribution >= 4 is 23.7 Å². The van der Waals surface area contributed by atoms with Crippen molar-refractivity contribution in [2.75, 3.05) is 7.11 Å².